The number of esters is 1. The van der Waals surface area contributed by atoms with Crippen LogP contribution in [-0.4, -0.2) is 21.9 Å². The summed E-state index contributed by atoms with van der Waals surface area (Å²) < 4.78 is 8.21. The average Bonchev–Trinajstić information content (AvgIpc) is 2.71. The maximum Gasteiger partial charge on any atom is 0.330 e. The van der Waals surface area contributed by atoms with E-state index in [1.807, 2.05) is 38.2 Å². The van der Waals surface area contributed by atoms with Gasteiger partial charge < -0.3 is 4.74 Å². The monoisotopic (exact) mass is 286 g/mol. The standard InChI is InChI=1S/C16H18N2O3/c1-4-21-16(20)10-9-13-7-5-6-8-14(13)18-15(19)11-12(2)17(18)3/h5-11H,4H2,1-3H3/b10-9+. The number of benzene rings is 1. The normalized spacial score (nSPS) is 11.0. The van der Waals surface area contributed by atoms with E-state index >= 15 is 0 Å². The van der Waals surface area contributed by atoms with E-state index in [4.69, 9.17) is 4.74 Å². The first kappa shape index (κ1) is 14.8. The molecular formula is C16H18N2O3. The van der Waals surface area contributed by atoms with Crippen LogP contribution in [0.4, 0.5) is 0 Å². The summed E-state index contributed by atoms with van der Waals surface area (Å²) in [7, 11) is 1.82. The quantitative estimate of drug-likeness (QED) is 0.638. The number of hydrogen-bond acceptors (Lipinski definition) is 3. The molecule has 0 N–H and O–H groups in total. The topological polar surface area (TPSA) is 53.2 Å². The highest BCUT2D eigenvalue weighted by Gasteiger charge is 2.09. The molecule has 5 heteroatoms. The van der Waals surface area contributed by atoms with Gasteiger partial charge in [-0.05, 0) is 26.0 Å². The first-order chi connectivity index (χ1) is 10.0. The second-order valence-electron chi connectivity index (χ2n) is 4.60. The Bertz CT molecular complexity index is 738. The molecule has 0 unspecified atom stereocenters. The van der Waals surface area contributed by atoms with Gasteiger partial charge in [-0.3, -0.25) is 9.48 Å². The van der Waals surface area contributed by atoms with Crippen LogP contribution in [-0.2, 0) is 16.6 Å². The second-order valence-corrected chi connectivity index (χ2v) is 4.60. The van der Waals surface area contributed by atoms with Gasteiger partial charge >= 0.3 is 5.97 Å². The fraction of sp³-hybridized carbons (Fsp3) is 0.250. The molecule has 0 bridgehead atoms. The molecule has 0 saturated heterocycles. The molecule has 2 aromatic rings. The molecule has 0 fully saturated rings. The number of rotatable bonds is 4. The van der Waals surface area contributed by atoms with E-state index in [0.717, 1.165) is 16.9 Å². The summed E-state index contributed by atoms with van der Waals surface area (Å²) in [6, 6.07) is 8.97. The largest absolute Gasteiger partial charge is 0.463 e. The minimum absolute atomic E-state index is 0.105. The van der Waals surface area contributed by atoms with E-state index in [-0.39, 0.29) is 5.56 Å². The van der Waals surface area contributed by atoms with Gasteiger partial charge in [-0.1, -0.05) is 18.2 Å². The number of nitrogens with zero attached hydrogens (tertiary/aromatic N) is 2. The molecule has 0 saturated carbocycles. The lowest BCUT2D eigenvalue weighted by atomic mass is 10.1. The summed E-state index contributed by atoms with van der Waals surface area (Å²) in [6.07, 6.45) is 3.02. The molecular weight excluding hydrogens is 268 g/mol. The Morgan fingerprint density at radius 3 is 2.67 bits per heavy atom. The Labute approximate surface area is 123 Å². The van der Waals surface area contributed by atoms with Gasteiger partial charge in [-0.2, -0.15) is 0 Å². The maximum absolute atomic E-state index is 12.1. The summed E-state index contributed by atoms with van der Waals surface area (Å²) in [6.45, 7) is 3.96. The molecule has 0 atom stereocenters. The smallest absolute Gasteiger partial charge is 0.330 e. The summed E-state index contributed by atoms with van der Waals surface area (Å²) in [5.41, 5.74) is 2.25. The Balaban J connectivity index is 2.47. The van der Waals surface area contributed by atoms with Crippen molar-refractivity contribution in [1.82, 2.24) is 9.36 Å². The number of hydrogen-bond donors (Lipinski definition) is 0. The summed E-state index contributed by atoms with van der Waals surface area (Å²) in [4.78, 5) is 23.5. The number of aromatic nitrogens is 2. The lowest BCUT2D eigenvalue weighted by molar-refractivity contribution is -0.137. The van der Waals surface area contributed by atoms with Crippen molar-refractivity contribution in [2.45, 2.75) is 13.8 Å². The third-order valence-electron chi connectivity index (χ3n) is 3.20. The molecule has 1 aromatic heterocycles. The van der Waals surface area contributed by atoms with Crippen LogP contribution in [0, 0.1) is 6.92 Å². The summed E-state index contributed by atoms with van der Waals surface area (Å²) in [5.74, 6) is -0.400. The van der Waals surface area contributed by atoms with Crippen molar-refractivity contribution in [1.29, 1.82) is 0 Å². The number of carbonyl (C=O) groups is 1. The van der Waals surface area contributed by atoms with E-state index < -0.39 is 5.97 Å². The molecule has 0 radical (unpaired) electrons. The number of carbonyl (C=O) groups excluding carboxylic acids is 1. The summed E-state index contributed by atoms with van der Waals surface area (Å²) >= 11 is 0. The second kappa shape index (κ2) is 6.26. The first-order valence-electron chi connectivity index (χ1n) is 6.74. The molecule has 0 aliphatic rings. The lowest BCUT2D eigenvalue weighted by Crippen LogP contribution is -2.20. The zero-order valence-corrected chi connectivity index (χ0v) is 12.4. The number of aryl methyl sites for hydroxylation is 1. The molecule has 1 aromatic carbocycles. The van der Waals surface area contributed by atoms with E-state index in [1.165, 1.54) is 6.08 Å². The third-order valence-corrected chi connectivity index (χ3v) is 3.20. The fourth-order valence-corrected chi connectivity index (χ4v) is 2.09. The molecule has 0 aliphatic heterocycles. The summed E-state index contributed by atoms with van der Waals surface area (Å²) in [5, 5.41) is 0. The molecule has 1 heterocycles. The predicted octanol–water partition coefficient (Wildman–Crippen LogP) is 2.06. The SMILES string of the molecule is CCOC(=O)/C=C/c1ccccc1-n1c(=O)cc(C)n1C. The van der Waals surface area contributed by atoms with Crippen LogP contribution >= 0.6 is 0 Å². The number of para-hydroxylation sites is 1. The van der Waals surface area contributed by atoms with E-state index in [2.05, 4.69) is 0 Å². The van der Waals surface area contributed by atoms with Gasteiger partial charge in [0.2, 0.25) is 0 Å². The minimum atomic E-state index is -0.400. The van der Waals surface area contributed by atoms with E-state index in [0.29, 0.717) is 6.61 Å². The average molecular weight is 286 g/mol. The van der Waals surface area contributed by atoms with E-state index in [9.17, 15) is 9.59 Å². The molecule has 0 spiro atoms. The van der Waals surface area contributed by atoms with Crippen LogP contribution in [0.1, 0.15) is 18.2 Å². The zero-order chi connectivity index (χ0) is 15.4. The highest BCUT2D eigenvalue weighted by Crippen LogP contribution is 2.15. The van der Waals surface area contributed by atoms with Crippen molar-refractivity contribution >= 4 is 12.0 Å². The van der Waals surface area contributed by atoms with Crippen LogP contribution in [0.2, 0.25) is 0 Å². The zero-order valence-electron chi connectivity index (χ0n) is 12.4. The van der Waals surface area contributed by atoms with Crippen LogP contribution in [0.25, 0.3) is 11.8 Å². The van der Waals surface area contributed by atoms with Crippen molar-refractivity contribution in [3.8, 4) is 5.69 Å². The Morgan fingerprint density at radius 1 is 1.33 bits per heavy atom. The van der Waals surface area contributed by atoms with Crippen molar-refractivity contribution < 1.29 is 9.53 Å². The van der Waals surface area contributed by atoms with Crippen molar-refractivity contribution in [3.63, 3.8) is 0 Å². The van der Waals surface area contributed by atoms with Gasteiger partial charge in [0, 0.05) is 30.4 Å². The Kier molecular flexibility index (Phi) is 4.42. The van der Waals surface area contributed by atoms with Gasteiger partial charge in [0.05, 0.1) is 12.3 Å². The van der Waals surface area contributed by atoms with E-state index in [1.54, 1.807) is 28.4 Å². The van der Waals surface area contributed by atoms with Crippen molar-refractivity contribution in [3.05, 3.63) is 58.0 Å². The third kappa shape index (κ3) is 3.13. The van der Waals surface area contributed by atoms with Crippen LogP contribution in [0.5, 0.6) is 0 Å². The molecule has 0 aliphatic carbocycles. The predicted molar refractivity (Wildman–Crippen MR) is 81.4 cm³/mol. The molecule has 110 valence electrons. The van der Waals surface area contributed by atoms with Crippen molar-refractivity contribution in [2.24, 2.45) is 7.05 Å². The lowest BCUT2D eigenvalue weighted by Gasteiger charge is -2.11. The highest BCUT2D eigenvalue weighted by atomic mass is 16.5. The molecule has 21 heavy (non-hydrogen) atoms. The van der Waals surface area contributed by atoms with Crippen LogP contribution in [0.3, 0.4) is 0 Å². The van der Waals surface area contributed by atoms with Gasteiger partial charge in [0.15, 0.2) is 0 Å². The van der Waals surface area contributed by atoms with Crippen LogP contribution < -0.4 is 5.56 Å². The molecule has 0 amide bonds. The van der Waals surface area contributed by atoms with Gasteiger partial charge in [0.25, 0.3) is 5.56 Å². The minimum Gasteiger partial charge on any atom is -0.463 e. The van der Waals surface area contributed by atoms with Crippen LogP contribution in [0.15, 0.2) is 41.2 Å². The van der Waals surface area contributed by atoms with Crippen molar-refractivity contribution in [2.75, 3.05) is 6.61 Å². The Morgan fingerprint density at radius 2 is 2.05 bits per heavy atom. The fourth-order valence-electron chi connectivity index (χ4n) is 2.09. The van der Waals surface area contributed by atoms with Gasteiger partial charge in [0.1, 0.15) is 0 Å². The van der Waals surface area contributed by atoms with Gasteiger partial charge in [-0.25, -0.2) is 9.48 Å². The maximum atomic E-state index is 12.1. The highest BCUT2D eigenvalue weighted by molar-refractivity contribution is 5.87. The van der Waals surface area contributed by atoms with Gasteiger partial charge in [-0.15, -0.1) is 0 Å². The first-order valence-corrected chi connectivity index (χ1v) is 6.74. The number of ether oxygens (including phenoxy) is 1. The Hall–Kier alpha value is -2.56. The molecule has 5 nitrogen and oxygen atoms in total. The molecule has 2 rings (SSSR count).